The summed E-state index contributed by atoms with van der Waals surface area (Å²) in [5, 5.41) is 0. The lowest BCUT2D eigenvalue weighted by Gasteiger charge is -2.23. The van der Waals surface area contributed by atoms with Crippen molar-refractivity contribution >= 4 is 8.32 Å². The van der Waals surface area contributed by atoms with Gasteiger partial charge in [-0.2, -0.15) is 0 Å². The van der Waals surface area contributed by atoms with Gasteiger partial charge in [-0.05, 0) is 18.2 Å². The lowest BCUT2D eigenvalue weighted by Crippen LogP contribution is -2.36. The molecule has 74 valence electrons. The van der Waals surface area contributed by atoms with Crippen LogP contribution in [-0.4, -0.2) is 8.32 Å². The predicted octanol–water partition coefficient (Wildman–Crippen LogP) is 3.48. The molecule has 0 N–H and O–H groups in total. The largest absolute Gasteiger partial charge is 0.536 e. The fraction of sp³-hybridized carbons (Fsp3) is 0.167. The highest BCUT2D eigenvalue weighted by Crippen LogP contribution is 2.19. The summed E-state index contributed by atoms with van der Waals surface area (Å²) in [6, 6.07) is 10.8. The van der Waals surface area contributed by atoms with Crippen molar-refractivity contribution < 1.29 is 4.43 Å². The van der Waals surface area contributed by atoms with Gasteiger partial charge in [0.05, 0.1) is 0 Å². The van der Waals surface area contributed by atoms with Crippen LogP contribution in [-0.2, 0) is 0 Å². The second-order valence-corrected chi connectivity index (χ2v) is 6.77. The molecule has 0 spiro atoms. The Balaban J connectivity index is 2.84. The Morgan fingerprint density at radius 1 is 1.21 bits per heavy atom. The molecule has 1 nitrogen and oxygen atoms in total. The fourth-order valence-corrected chi connectivity index (χ4v) is 2.87. The van der Waals surface area contributed by atoms with Crippen molar-refractivity contribution in [3.05, 3.63) is 54.9 Å². The van der Waals surface area contributed by atoms with E-state index in [0.717, 1.165) is 11.8 Å². The van der Waals surface area contributed by atoms with Crippen LogP contribution in [0.5, 0.6) is 5.75 Å². The zero-order chi connectivity index (χ0) is 10.4. The molecule has 0 aromatic heterocycles. The summed E-state index contributed by atoms with van der Waals surface area (Å²) in [6.45, 7) is 9.78. The molecule has 0 amide bonds. The van der Waals surface area contributed by atoms with Crippen LogP contribution in [0, 0.1) is 0 Å². The molecule has 0 unspecified atom stereocenters. The van der Waals surface area contributed by atoms with Gasteiger partial charge in [0, 0.05) is 0 Å². The Labute approximate surface area is 86.9 Å². The molecule has 0 radical (unpaired) electrons. The molecular weight excluding hydrogens is 188 g/mol. The van der Waals surface area contributed by atoms with E-state index in [1.165, 1.54) is 0 Å². The summed E-state index contributed by atoms with van der Waals surface area (Å²) >= 11 is 0. The van der Waals surface area contributed by atoms with Gasteiger partial charge in [0.1, 0.15) is 5.75 Å². The predicted molar refractivity (Wildman–Crippen MR) is 63.7 cm³/mol. The molecule has 1 aromatic carbocycles. The zero-order valence-electron chi connectivity index (χ0n) is 8.57. The van der Waals surface area contributed by atoms with Gasteiger partial charge in [0.25, 0.3) is 8.32 Å². The molecule has 0 saturated carbocycles. The van der Waals surface area contributed by atoms with Crippen LogP contribution < -0.4 is 4.43 Å². The summed E-state index contributed by atoms with van der Waals surface area (Å²) in [6.07, 6.45) is 0. The number of rotatable bonds is 5. The fourth-order valence-electron chi connectivity index (χ4n) is 1.24. The van der Waals surface area contributed by atoms with E-state index >= 15 is 0 Å². The topological polar surface area (TPSA) is 9.23 Å². The molecule has 0 aliphatic carbocycles. The van der Waals surface area contributed by atoms with Crippen LogP contribution in [0.15, 0.2) is 54.9 Å². The average molecular weight is 204 g/mol. The summed E-state index contributed by atoms with van der Waals surface area (Å²) in [5.41, 5.74) is 3.85. The lowest BCUT2D eigenvalue weighted by atomic mass is 10.3. The van der Waals surface area contributed by atoms with E-state index in [2.05, 4.69) is 20.1 Å². The van der Waals surface area contributed by atoms with Crippen molar-refractivity contribution in [1.29, 1.82) is 0 Å². The summed E-state index contributed by atoms with van der Waals surface area (Å²) in [5.74, 6) is 0.904. The minimum atomic E-state index is -1.93. The smallest absolute Gasteiger partial charge is 0.299 e. The molecule has 1 aromatic rings. The van der Waals surface area contributed by atoms with E-state index in [1.54, 1.807) is 0 Å². The van der Waals surface area contributed by atoms with Crippen molar-refractivity contribution in [2.24, 2.45) is 0 Å². The van der Waals surface area contributed by atoms with Crippen molar-refractivity contribution in [3.8, 4) is 5.75 Å². The Hall–Kier alpha value is -1.28. The molecule has 0 bridgehead atoms. The van der Waals surface area contributed by atoms with Crippen molar-refractivity contribution in [2.45, 2.75) is 13.0 Å². The first-order valence-corrected chi connectivity index (χ1v) is 7.04. The van der Waals surface area contributed by atoms with E-state index in [9.17, 15) is 0 Å². The molecule has 0 fully saturated rings. The highest BCUT2D eigenvalue weighted by molar-refractivity contribution is 6.83. The Bertz CT molecular complexity index is 297. The van der Waals surface area contributed by atoms with E-state index in [-0.39, 0.29) is 0 Å². The molecular formula is C12H16OSi. The molecule has 0 atom stereocenters. The molecule has 1 rings (SSSR count). The number of benzene rings is 1. The maximum absolute atomic E-state index is 5.95. The molecule has 2 heteroatoms. The Kier molecular flexibility index (Phi) is 3.71. The van der Waals surface area contributed by atoms with Crippen LogP contribution in [0.2, 0.25) is 6.04 Å². The van der Waals surface area contributed by atoms with Gasteiger partial charge in [0.2, 0.25) is 0 Å². The van der Waals surface area contributed by atoms with E-state index in [1.807, 2.05) is 41.7 Å². The first-order valence-electron chi connectivity index (χ1n) is 4.77. The normalized spacial score (nSPS) is 10.6. The van der Waals surface area contributed by atoms with E-state index in [4.69, 9.17) is 4.43 Å². The van der Waals surface area contributed by atoms with Gasteiger partial charge in [-0.3, -0.25) is 0 Å². The van der Waals surface area contributed by atoms with E-state index in [0.29, 0.717) is 0 Å². The monoisotopic (exact) mass is 204 g/mol. The third-order valence-electron chi connectivity index (χ3n) is 2.29. The highest BCUT2D eigenvalue weighted by Gasteiger charge is 2.27. The molecule has 0 aliphatic rings. The standard InChI is InChI=1S/C12H16OSi/c1-4-14(5-2,6-3)13-12-10-8-7-9-11-12/h4-5,7-11H,1-2,6H2,3H3. The van der Waals surface area contributed by atoms with Crippen molar-refractivity contribution in [3.63, 3.8) is 0 Å². The third-order valence-corrected chi connectivity index (χ3v) is 5.40. The quantitative estimate of drug-likeness (QED) is 0.667. The summed E-state index contributed by atoms with van der Waals surface area (Å²) in [7, 11) is -1.93. The van der Waals surface area contributed by atoms with Gasteiger partial charge >= 0.3 is 0 Å². The maximum Gasteiger partial charge on any atom is 0.299 e. The molecule has 14 heavy (non-hydrogen) atoms. The van der Waals surface area contributed by atoms with Gasteiger partial charge in [0.15, 0.2) is 0 Å². The van der Waals surface area contributed by atoms with Crippen LogP contribution in [0.25, 0.3) is 0 Å². The van der Waals surface area contributed by atoms with Gasteiger partial charge in [-0.25, -0.2) is 0 Å². The molecule has 0 saturated heterocycles. The van der Waals surface area contributed by atoms with Crippen LogP contribution >= 0.6 is 0 Å². The van der Waals surface area contributed by atoms with E-state index < -0.39 is 8.32 Å². The first kappa shape index (κ1) is 10.8. The summed E-state index contributed by atoms with van der Waals surface area (Å²) < 4.78 is 5.95. The number of hydrogen-bond donors (Lipinski definition) is 0. The molecule has 0 aliphatic heterocycles. The third kappa shape index (κ3) is 2.36. The lowest BCUT2D eigenvalue weighted by molar-refractivity contribution is 0.561. The van der Waals surface area contributed by atoms with Crippen molar-refractivity contribution in [2.75, 3.05) is 0 Å². The Morgan fingerprint density at radius 2 is 1.79 bits per heavy atom. The van der Waals surface area contributed by atoms with Crippen molar-refractivity contribution in [1.82, 2.24) is 0 Å². The maximum atomic E-state index is 5.95. The minimum Gasteiger partial charge on any atom is -0.536 e. The van der Waals surface area contributed by atoms with Crippen LogP contribution in [0.3, 0.4) is 0 Å². The average Bonchev–Trinajstić information content (AvgIpc) is 2.28. The second-order valence-electron chi connectivity index (χ2n) is 3.13. The van der Waals surface area contributed by atoms with Crippen LogP contribution in [0.1, 0.15) is 6.92 Å². The molecule has 0 heterocycles. The number of para-hydroxylation sites is 1. The highest BCUT2D eigenvalue weighted by atomic mass is 28.4. The van der Waals surface area contributed by atoms with Gasteiger partial charge in [-0.1, -0.05) is 36.5 Å². The SMILES string of the molecule is C=C[Si](C=C)(CC)Oc1ccccc1. The Morgan fingerprint density at radius 3 is 2.21 bits per heavy atom. The number of hydrogen-bond acceptors (Lipinski definition) is 1. The zero-order valence-corrected chi connectivity index (χ0v) is 9.57. The second kappa shape index (κ2) is 4.82. The van der Waals surface area contributed by atoms with Crippen LogP contribution in [0.4, 0.5) is 0 Å². The first-order chi connectivity index (χ1) is 6.76. The van der Waals surface area contributed by atoms with Gasteiger partial charge < -0.3 is 4.43 Å². The summed E-state index contributed by atoms with van der Waals surface area (Å²) in [4.78, 5) is 0. The van der Waals surface area contributed by atoms with Gasteiger partial charge in [-0.15, -0.1) is 13.2 Å². The minimum absolute atomic E-state index is 0.904.